The Balaban J connectivity index is 1.68. The zero-order valence-corrected chi connectivity index (χ0v) is 16.2. The zero-order chi connectivity index (χ0) is 18.0. The first-order valence-corrected chi connectivity index (χ1v) is 10.3. The first-order chi connectivity index (χ1) is 12.0. The minimum absolute atomic E-state index is 0.219. The van der Waals surface area contributed by atoms with Crippen LogP contribution in [0.25, 0.3) is 0 Å². The smallest absolute Gasteiger partial charge is 0.233 e. The zero-order valence-electron chi connectivity index (χ0n) is 15.4. The van der Waals surface area contributed by atoms with E-state index >= 15 is 0 Å². The Bertz CT molecular complexity index is 685. The molecule has 4 nitrogen and oxygen atoms in total. The van der Waals surface area contributed by atoms with Crippen molar-refractivity contribution >= 4 is 17.7 Å². The van der Waals surface area contributed by atoms with Crippen LogP contribution in [0.2, 0.25) is 0 Å². The molecule has 0 aliphatic heterocycles. The van der Waals surface area contributed by atoms with Gasteiger partial charge in [-0.1, -0.05) is 18.7 Å². The molecule has 2 aliphatic carbocycles. The van der Waals surface area contributed by atoms with E-state index in [1.165, 1.54) is 24.6 Å². The van der Waals surface area contributed by atoms with Crippen LogP contribution >= 0.6 is 11.8 Å². The molecule has 0 atom stereocenters. The van der Waals surface area contributed by atoms with Crippen molar-refractivity contribution in [3.05, 3.63) is 22.9 Å². The molecule has 3 rings (SSSR count). The van der Waals surface area contributed by atoms with Gasteiger partial charge >= 0.3 is 0 Å². The Labute approximate surface area is 155 Å². The maximum Gasteiger partial charge on any atom is 0.233 e. The van der Waals surface area contributed by atoms with Gasteiger partial charge in [-0.2, -0.15) is 5.26 Å². The van der Waals surface area contributed by atoms with E-state index in [0.29, 0.717) is 28.4 Å². The van der Waals surface area contributed by atoms with Crippen LogP contribution in [0.4, 0.5) is 0 Å². The maximum absolute atomic E-state index is 12.9. The van der Waals surface area contributed by atoms with Crippen LogP contribution in [0.1, 0.15) is 62.3 Å². The predicted molar refractivity (Wildman–Crippen MR) is 100 cm³/mol. The average molecular weight is 358 g/mol. The van der Waals surface area contributed by atoms with Crippen LogP contribution in [0, 0.1) is 31.1 Å². The second-order valence-corrected chi connectivity index (χ2v) is 8.57. The molecule has 1 aromatic heterocycles. The average Bonchev–Trinajstić information content (AvgIpc) is 3.39. The van der Waals surface area contributed by atoms with Crippen LogP contribution in [-0.4, -0.2) is 33.6 Å². The second kappa shape index (κ2) is 7.78. The third kappa shape index (κ3) is 4.36. The van der Waals surface area contributed by atoms with Gasteiger partial charge in [-0.3, -0.25) is 4.79 Å². The number of amides is 1. The highest BCUT2D eigenvalue weighted by Crippen LogP contribution is 2.36. The summed E-state index contributed by atoms with van der Waals surface area (Å²) in [4.78, 5) is 19.6. The highest BCUT2D eigenvalue weighted by molar-refractivity contribution is 8.00. The summed E-state index contributed by atoms with van der Waals surface area (Å²) in [6.45, 7) is 6.17. The lowest BCUT2D eigenvalue weighted by atomic mass is 9.86. The summed E-state index contributed by atoms with van der Waals surface area (Å²) in [6.07, 6.45) is 7.02. The topological polar surface area (TPSA) is 57.0 Å². The lowest BCUT2D eigenvalue weighted by Crippen LogP contribution is -2.44. The molecule has 1 heterocycles. The number of pyridine rings is 1. The number of aromatic nitrogens is 1. The largest absolute Gasteiger partial charge is 0.336 e. The summed E-state index contributed by atoms with van der Waals surface area (Å²) in [7, 11) is 0. The molecule has 0 N–H and O–H groups in total. The molecule has 2 saturated carbocycles. The number of hydrogen-bond acceptors (Lipinski definition) is 4. The lowest BCUT2D eigenvalue weighted by molar-refractivity contribution is -0.132. The molecule has 134 valence electrons. The van der Waals surface area contributed by atoms with Gasteiger partial charge < -0.3 is 4.90 Å². The van der Waals surface area contributed by atoms with Crippen molar-refractivity contribution in [2.24, 2.45) is 5.92 Å². The van der Waals surface area contributed by atoms with Crippen molar-refractivity contribution in [3.63, 3.8) is 0 Å². The molecule has 2 fully saturated rings. The monoisotopic (exact) mass is 357 g/mol. The third-order valence-corrected chi connectivity index (χ3v) is 6.32. The maximum atomic E-state index is 12.9. The van der Waals surface area contributed by atoms with Crippen LogP contribution in [-0.2, 0) is 4.79 Å². The van der Waals surface area contributed by atoms with Crippen molar-refractivity contribution in [1.82, 2.24) is 9.88 Å². The molecule has 5 heteroatoms. The van der Waals surface area contributed by atoms with Gasteiger partial charge in [0, 0.05) is 17.8 Å². The van der Waals surface area contributed by atoms with E-state index in [2.05, 4.69) is 22.9 Å². The first-order valence-electron chi connectivity index (χ1n) is 9.32. The number of nitriles is 1. The summed E-state index contributed by atoms with van der Waals surface area (Å²) in [5, 5.41) is 10.1. The standard InChI is InChI=1S/C20H27N3OS/c1-13-4-6-16(7-5-13)23(17-8-9-17)19(24)12-25-20-18(11-21)14(2)10-15(3)22-20/h10,13,16-17H,4-9,12H2,1-3H3. The van der Waals surface area contributed by atoms with E-state index < -0.39 is 0 Å². The van der Waals surface area contributed by atoms with Crippen molar-refractivity contribution < 1.29 is 4.79 Å². The SMILES string of the molecule is Cc1cc(C)c(C#N)c(SCC(=O)N(C2CCC(C)CC2)C2CC2)n1. The Morgan fingerprint density at radius 1 is 1.24 bits per heavy atom. The Morgan fingerprint density at radius 3 is 2.40 bits per heavy atom. The molecule has 0 bridgehead atoms. The quantitative estimate of drug-likeness (QED) is 0.740. The Hall–Kier alpha value is -1.54. The third-order valence-electron chi connectivity index (χ3n) is 5.36. The molecule has 1 amide bonds. The van der Waals surface area contributed by atoms with E-state index in [0.717, 1.165) is 42.9 Å². The molecule has 0 spiro atoms. The van der Waals surface area contributed by atoms with Crippen molar-refractivity contribution in [2.75, 3.05) is 5.75 Å². The van der Waals surface area contributed by atoms with E-state index in [-0.39, 0.29) is 5.91 Å². The van der Waals surface area contributed by atoms with Crippen LogP contribution < -0.4 is 0 Å². The fourth-order valence-corrected chi connectivity index (χ4v) is 4.80. The van der Waals surface area contributed by atoms with E-state index in [1.807, 2.05) is 19.9 Å². The minimum atomic E-state index is 0.219. The number of thioether (sulfide) groups is 1. The fraction of sp³-hybridized carbons (Fsp3) is 0.650. The van der Waals surface area contributed by atoms with Crippen LogP contribution in [0.3, 0.4) is 0 Å². The van der Waals surface area contributed by atoms with Gasteiger partial charge in [0.05, 0.1) is 11.3 Å². The molecular weight excluding hydrogens is 330 g/mol. The first kappa shape index (κ1) is 18.3. The van der Waals surface area contributed by atoms with Gasteiger partial charge in [-0.05, 0) is 69.9 Å². The molecule has 1 aromatic rings. The number of aryl methyl sites for hydroxylation is 2. The lowest BCUT2D eigenvalue weighted by Gasteiger charge is -2.36. The van der Waals surface area contributed by atoms with Gasteiger partial charge in [-0.15, -0.1) is 0 Å². The van der Waals surface area contributed by atoms with Gasteiger partial charge in [0.1, 0.15) is 11.1 Å². The Morgan fingerprint density at radius 2 is 1.84 bits per heavy atom. The highest BCUT2D eigenvalue weighted by Gasteiger charge is 2.38. The van der Waals surface area contributed by atoms with E-state index in [4.69, 9.17) is 0 Å². The normalized spacial score (nSPS) is 23.1. The molecule has 2 aliphatic rings. The van der Waals surface area contributed by atoms with Crippen LogP contribution in [0.15, 0.2) is 11.1 Å². The summed E-state index contributed by atoms with van der Waals surface area (Å²) >= 11 is 1.42. The molecular formula is C20H27N3OS. The molecule has 0 unspecified atom stereocenters. The van der Waals surface area contributed by atoms with Gasteiger partial charge in [0.25, 0.3) is 0 Å². The molecule has 0 saturated heterocycles. The molecule has 0 radical (unpaired) electrons. The van der Waals surface area contributed by atoms with Gasteiger partial charge in [-0.25, -0.2) is 4.98 Å². The van der Waals surface area contributed by atoms with Crippen LogP contribution in [0.5, 0.6) is 0 Å². The summed E-state index contributed by atoms with van der Waals surface area (Å²) in [5.41, 5.74) is 2.44. The van der Waals surface area contributed by atoms with Crippen molar-refractivity contribution in [2.45, 2.75) is 76.4 Å². The number of hydrogen-bond donors (Lipinski definition) is 0. The fourth-order valence-electron chi connectivity index (χ4n) is 3.83. The van der Waals surface area contributed by atoms with Gasteiger partial charge in [0.2, 0.25) is 5.91 Å². The highest BCUT2D eigenvalue weighted by atomic mass is 32.2. The van der Waals surface area contributed by atoms with Crippen molar-refractivity contribution in [1.29, 1.82) is 5.26 Å². The van der Waals surface area contributed by atoms with E-state index in [1.54, 1.807) is 0 Å². The second-order valence-electron chi connectivity index (χ2n) is 7.61. The summed E-state index contributed by atoms with van der Waals surface area (Å²) in [6, 6.07) is 5.03. The molecule has 25 heavy (non-hydrogen) atoms. The molecule has 0 aromatic carbocycles. The summed E-state index contributed by atoms with van der Waals surface area (Å²) in [5.74, 6) is 1.39. The number of carbonyl (C=O) groups excluding carboxylic acids is 1. The van der Waals surface area contributed by atoms with E-state index in [9.17, 15) is 10.1 Å². The van der Waals surface area contributed by atoms with Crippen molar-refractivity contribution in [3.8, 4) is 6.07 Å². The minimum Gasteiger partial charge on any atom is -0.336 e. The number of carbonyl (C=O) groups is 1. The predicted octanol–water partition coefficient (Wildman–Crippen LogP) is 4.23. The Kier molecular flexibility index (Phi) is 5.68. The summed E-state index contributed by atoms with van der Waals surface area (Å²) < 4.78 is 0. The number of nitrogens with zero attached hydrogens (tertiary/aromatic N) is 3. The number of rotatable bonds is 5. The van der Waals surface area contributed by atoms with Gasteiger partial charge in [0.15, 0.2) is 0 Å².